The lowest BCUT2D eigenvalue weighted by atomic mass is 10.2. The Morgan fingerprint density at radius 1 is 1.58 bits per heavy atom. The molecule has 0 radical (unpaired) electrons. The Kier molecular flexibility index (Phi) is 2.47. The van der Waals surface area contributed by atoms with Crippen LogP contribution >= 0.6 is 0 Å². The molecular formula is C8H11NO3. The minimum atomic E-state index is -0.387. The van der Waals surface area contributed by atoms with Crippen LogP contribution in [-0.4, -0.2) is 37.0 Å². The first-order valence-corrected chi connectivity index (χ1v) is 3.68. The second-order valence-corrected chi connectivity index (χ2v) is 2.64. The van der Waals surface area contributed by atoms with E-state index >= 15 is 0 Å². The number of nitrogens with zero attached hydrogens (tertiary/aromatic N) is 1. The Balaban J connectivity index is 2.52. The molecule has 4 heteroatoms. The lowest BCUT2D eigenvalue weighted by Crippen LogP contribution is -2.29. The standard InChI is InChI=1S/C8H11NO3/c1-6(10)7-3-4-9(5-7)8(11)12-2/h3H,4-5H2,1-2H3. The molecule has 1 aliphatic heterocycles. The molecule has 1 aliphatic rings. The summed E-state index contributed by atoms with van der Waals surface area (Å²) in [7, 11) is 1.33. The Bertz CT molecular complexity index is 245. The molecule has 0 bridgehead atoms. The zero-order valence-electron chi connectivity index (χ0n) is 7.16. The third kappa shape index (κ3) is 1.64. The van der Waals surface area contributed by atoms with E-state index in [2.05, 4.69) is 4.74 Å². The van der Waals surface area contributed by atoms with E-state index in [9.17, 15) is 9.59 Å². The number of Topliss-reactive ketones (excluding diaryl/α,β-unsaturated/α-hetero) is 1. The van der Waals surface area contributed by atoms with Crippen molar-refractivity contribution in [3.05, 3.63) is 11.6 Å². The number of carbonyl (C=O) groups excluding carboxylic acids is 2. The first-order chi connectivity index (χ1) is 5.65. The zero-order chi connectivity index (χ0) is 9.14. The Labute approximate surface area is 70.8 Å². The van der Waals surface area contributed by atoms with Crippen LogP contribution in [0.15, 0.2) is 11.6 Å². The molecule has 12 heavy (non-hydrogen) atoms. The number of hydrogen-bond donors (Lipinski definition) is 0. The number of ether oxygens (including phenoxy) is 1. The van der Waals surface area contributed by atoms with E-state index in [0.29, 0.717) is 18.7 Å². The average Bonchev–Trinajstić information content (AvgIpc) is 2.51. The van der Waals surface area contributed by atoms with E-state index < -0.39 is 0 Å². The fourth-order valence-corrected chi connectivity index (χ4v) is 1.08. The summed E-state index contributed by atoms with van der Waals surface area (Å²) in [6.45, 7) is 2.34. The van der Waals surface area contributed by atoms with Gasteiger partial charge in [-0.25, -0.2) is 4.79 Å². The first-order valence-electron chi connectivity index (χ1n) is 3.68. The van der Waals surface area contributed by atoms with Crippen LogP contribution in [0.1, 0.15) is 6.92 Å². The number of rotatable bonds is 1. The van der Waals surface area contributed by atoms with E-state index in [0.717, 1.165) is 0 Å². The summed E-state index contributed by atoms with van der Waals surface area (Å²) in [5.74, 6) is 0.0152. The predicted octanol–water partition coefficient (Wildman–Crippen LogP) is 0.584. The van der Waals surface area contributed by atoms with Gasteiger partial charge < -0.3 is 9.64 Å². The van der Waals surface area contributed by atoms with Gasteiger partial charge in [-0.1, -0.05) is 6.08 Å². The van der Waals surface area contributed by atoms with Crippen LogP contribution in [0.3, 0.4) is 0 Å². The molecule has 0 saturated carbocycles. The molecule has 1 amide bonds. The van der Waals surface area contributed by atoms with Crippen molar-refractivity contribution < 1.29 is 14.3 Å². The molecule has 4 nitrogen and oxygen atoms in total. The van der Waals surface area contributed by atoms with Crippen LogP contribution < -0.4 is 0 Å². The summed E-state index contributed by atoms with van der Waals surface area (Å²) in [4.78, 5) is 23.3. The fraction of sp³-hybridized carbons (Fsp3) is 0.500. The van der Waals surface area contributed by atoms with Crippen molar-refractivity contribution in [2.24, 2.45) is 0 Å². The van der Waals surface area contributed by atoms with Crippen molar-refractivity contribution in [3.8, 4) is 0 Å². The van der Waals surface area contributed by atoms with Crippen molar-refractivity contribution in [2.75, 3.05) is 20.2 Å². The number of carbonyl (C=O) groups is 2. The molecular weight excluding hydrogens is 158 g/mol. The highest BCUT2D eigenvalue weighted by molar-refractivity contribution is 5.95. The predicted molar refractivity (Wildman–Crippen MR) is 42.7 cm³/mol. The van der Waals surface area contributed by atoms with Crippen molar-refractivity contribution in [1.82, 2.24) is 4.90 Å². The normalized spacial score (nSPS) is 15.8. The zero-order valence-corrected chi connectivity index (χ0v) is 7.16. The van der Waals surface area contributed by atoms with Gasteiger partial charge in [-0.15, -0.1) is 0 Å². The number of amides is 1. The summed E-state index contributed by atoms with van der Waals surface area (Å²) < 4.78 is 4.50. The van der Waals surface area contributed by atoms with Gasteiger partial charge in [0.1, 0.15) is 0 Å². The smallest absolute Gasteiger partial charge is 0.410 e. The summed E-state index contributed by atoms with van der Waals surface area (Å²) >= 11 is 0. The lowest BCUT2D eigenvalue weighted by Gasteiger charge is -2.13. The number of hydrogen-bond acceptors (Lipinski definition) is 3. The van der Waals surface area contributed by atoms with Crippen LogP contribution in [0, 0.1) is 0 Å². The Morgan fingerprint density at radius 2 is 2.25 bits per heavy atom. The summed E-state index contributed by atoms with van der Waals surface area (Å²) in [6.07, 6.45) is 1.36. The molecule has 0 saturated heterocycles. The molecule has 66 valence electrons. The number of methoxy groups -OCH3 is 1. The second kappa shape index (κ2) is 3.38. The molecule has 0 aromatic rings. The van der Waals surface area contributed by atoms with Crippen molar-refractivity contribution in [2.45, 2.75) is 6.92 Å². The van der Waals surface area contributed by atoms with Gasteiger partial charge in [-0.2, -0.15) is 0 Å². The van der Waals surface area contributed by atoms with Crippen LogP contribution in [0.25, 0.3) is 0 Å². The van der Waals surface area contributed by atoms with Crippen LogP contribution in [-0.2, 0) is 9.53 Å². The molecule has 0 fully saturated rings. The third-order valence-corrected chi connectivity index (χ3v) is 1.80. The third-order valence-electron chi connectivity index (χ3n) is 1.80. The average molecular weight is 169 g/mol. The van der Waals surface area contributed by atoms with Gasteiger partial charge in [0, 0.05) is 12.1 Å². The van der Waals surface area contributed by atoms with E-state index in [-0.39, 0.29) is 11.9 Å². The molecule has 0 aromatic carbocycles. The highest BCUT2D eigenvalue weighted by Crippen LogP contribution is 2.10. The minimum absolute atomic E-state index is 0.0152. The minimum Gasteiger partial charge on any atom is -0.453 e. The summed E-state index contributed by atoms with van der Waals surface area (Å²) in [6, 6.07) is 0. The van der Waals surface area contributed by atoms with Crippen molar-refractivity contribution in [1.29, 1.82) is 0 Å². The van der Waals surface area contributed by atoms with Crippen molar-refractivity contribution >= 4 is 11.9 Å². The van der Waals surface area contributed by atoms with Crippen molar-refractivity contribution in [3.63, 3.8) is 0 Å². The molecule has 0 N–H and O–H groups in total. The quantitative estimate of drug-likeness (QED) is 0.577. The largest absolute Gasteiger partial charge is 0.453 e. The van der Waals surface area contributed by atoms with E-state index in [1.807, 2.05) is 0 Å². The Morgan fingerprint density at radius 3 is 2.67 bits per heavy atom. The molecule has 1 rings (SSSR count). The van der Waals surface area contributed by atoms with Gasteiger partial charge in [0.2, 0.25) is 0 Å². The van der Waals surface area contributed by atoms with Gasteiger partial charge in [0.15, 0.2) is 5.78 Å². The van der Waals surface area contributed by atoms with Crippen LogP contribution in [0.2, 0.25) is 0 Å². The van der Waals surface area contributed by atoms with Gasteiger partial charge in [0.25, 0.3) is 0 Å². The highest BCUT2D eigenvalue weighted by Gasteiger charge is 2.21. The molecule has 0 aliphatic carbocycles. The summed E-state index contributed by atoms with van der Waals surface area (Å²) in [5, 5.41) is 0. The Hall–Kier alpha value is -1.32. The lowest BCUT2D eigenvalue weighted by molar-refractivity contribution is -0.113. The second-order valence-electron chi connectivity index (χ2n) is 2.64. The molecule has 0 aromatic heterocycles. The van der Waals surface area contributed by atoms with Gasteiger partial charge in [0.05, 0.1) is 13.7 Å². The monoisotopic (exact) mass is 169 g/mol. The van der Waals surface area contributed by atoms with E-state index in [1.165, 1.54) is 18.9 Å². The maximum absolute atomic E-state index is 10.9. The summed E-state index contributed by atoms with van der Waals surface area (Å²) in [5.41, 5.74) is 0.681. The van der Waals surface area contributed by atoms with Gasteiger partial charge >= 0.3 is 6.09 Å². The SMILES string of the molecule is COC(=O)N1CC=C(C(C)=O)C1. The van der Waals surface area contributed by atoms with Crippen LogP contribution in [0.5, 0.6) is 0 Å². The van der Waals surface area contributed by atoms with Gasteiger partial charge in [-0.3, -0.25) is 4.79 Å². The van der Waals surface area contributed by atoms with Crippen LogP contribution in [0.4, 0.5) is 4.79 Å². The highest BCUT2D eigenvalue weighted by atomic mass is 16.5. The maximum Gasteiger partial charge on any atom is 0.410 e. The van der Waals surface area contributed by atoms with E-state index in [1.54, 1.807) is 6.08 Å². The number of ketones is 1. The maximum atomic E-state index is 10.9. The topological polar surface area (TPSA) is 46.6 Å². The van der Waals surface area contributed by atoms with E-state index in [4.69, 9.17) is 0 Å². The molecule has 1 heterocycles. The molecule has 0 unspecified atom stereocenters. The first kappa shape index (κ1) is 8.77. The molecule has 0 atom stereocenters. The fourth-order valence-electron chi connectivity index (χ4n) is 1.08. The molecule has 0 spiro atoms. The van der Waals surface area contributed by atoms with Gasteiger partial charge in [-0.05, 0) is 6.92 Å².